The Balaban J connectivity index is 2.28. The third-order valence-electron chi connectivity index (χ3n) is 3.48. The molecule has 20 heavy (non-hydrogen) atoms. The van der Waals surface area contributed by atoms with Crippen LogP contribution in [0.15, 0.2) is 36.4 Å². The van der Waals surface area contributed by atoms with Gasteiger partial charge in [-0.2, -0.15) is 0 Å². The average Bonchev–Trinajstić information content (AvgIpc) is 2.74. The number of methoxy groups -OCH3 is 1. The predicted octanol–water partition coefficient (Wildman–Crippen LogP) is 3.23. The zero-order valence-corrected chi connectivity index (χ0v) is 11.8. The number of nitrogens with two attached hydrogens (primary N) is 1. The zero-order valence-electron chi connectivity index (χ0n) is 11.8. The molecule has 0 aliphatic carbocycles. The number of fused-ring (bicyclic) bond motifs is 1. The fourth-order valence-electron chi connectivity index (χ4n) is 2.46. The van der Waals surface area contributed by atoms with Crippen LogP contribution < -0.4 is 10.5 Å². The summed E-state index contributed by atoms with van der Waals surface area (Å²) in [7, 11) is 1.67. The van der Waals surface area contributed by atoms with Gasteiger partial charge in [0.05, 0.1) is 23.8 Å². The lowest BCUT2D eigenvalue weighted by Gasteiger charge is -2.11. The molecule has 0 aliphatic rings. The van der Waals surface area contributed by atoms with Gasteiger partial charge in [-0.1, -0.05) is 6.07 Å². The first-order valence-corrected chi connectivity index (χ1v) is 6.50. The van der Waals surface area contributed by atoms with Crippen LogP contribution in [0.1, 0.15) is 11.1 Å². The number of hydrogen-bond donors (Lipinski definition) is 1. The quantitative estimate of drug-likeness (QED) is 0.775. The fraction of sp³-hybridized carbons (Fsp3) is 0.188. The van der Waals surface area contributed by atoms with E-state index in [0.29, 0.717) is 5.95 Å². The highest BCUT2D eigenvalue weighted by Crippen LogP contribution is 2.27. The second-order valence-electron chi connectivity index (χ2n) is 4.95. The highest BCUT2D eigenvalue weighted by Gasteiger charge is 2.12. The van der Waals surface area contributed by atoms with E-state index < -0.39 is 0 Å². The van der Waals surface area contributed by atoms with E-state index in [1.807, 2.05) is 41.8 Å². The normalized spacial score (nSPS) is 10.9. The van der Waals surface area contributed by atoms with E-state index in [1.165, 1.54) is 5.56 Å². The molecule has 0 bridgehead atoms. The van der Waals surface area contributed by atoms with Crippen LogP contribution in [-0.2, 0) is 0 Å². The first-order valence-electron chi connectivity index (χ1n) is 6.50. The summed E-state index contributed by atoms with van der Waals surface area (Å²) in [5.74, 6) is 1.34. The molecule has 0 unspecified atom stereocenters. The number of aromatic nitrogens is 2. The van der Waals surface area contributed by atoms with Crippen molar-refractivity contribution in [3.05, 3.63) is 47.5 Å². The third-order valence-corrected chi connectivity index (χ3v) is 3.48. The van der Waals surface area contributed by atoms with Crippen molar-refractivity contribution in [2.45, 2.75) is 13.8 Å². The van der Waals surface area contributed by atoms with E-state index >= 15 is 0 Å². The van der Waals surface area contributed by atoms with E-state index in [0.717, 1.165) is 28.0 Å². The van der Waals surface area contributed by atoms with E-state index in [4.69, 9.17) is 10.5 Å². The van der Waals surface area contributed by atoms with Crippen LogP contribution in [0.25, 0.3) is 16.7 Å². The summed E-state index contributed by atoms with van der Waals surface area (Å²) in [4.78, 5) is 4.42. The first-order chi connectivity index (χ1) is 9.60. The Labute approximate surface area is 117 Å². The number of nitrogen functional groups attached to an aromatic ring is 1. The molecule has 0 spiro atoms. The standard InChI is InChI=1S/C16H17N3O/c1-10-4-6-13-15(8-10)19(16(17)18-13)14-7-5-12(20-3)9-11(14)2/h4-9H,1-3H3,(H2,17,18). The minimum absolute atomic E-state index is 0.499. The van der Waals surface area contributed by atoms with Crippen LogP contribution in [0, 0.1) is 13.8 Å². The number of hydrogen-bond acceptors (Lipinski definition) is 3. The molecule has 0 saturated carbocycles. The van der Waals surface area contributed by atoms with Gasteiger partial charge in [0.2, 0.25) is 5.95 Å². The largest absolute Gasteiger partial charge is 0.497 e. The van der Waals surface area contributed by atoms with Crippen molar-refractivity contribution in [1.82, 2.24) is 9.55 Å². The number of ether oxygens (including phenoxy) is 1. The van der Waals surface area contributed by atoms with Crippen LogP contribution in [0.3, 0.4) is 0 Å². The van der Waals surface area contributed by atoms with Gasteiger partial charge in [0.1, 0.15) is 5.75 Å². The Bertz CT molecular complexity index is 790. The van der Waals surface area contributed by atoms with Gasteiger partial charge < -0.3 is 10.5 Å². The number of rotatable bonds is 2. The van der Waals surface area contributed by atoms with Crippen LogP contribution in [0.5, 0.6) is 5.75 Å². The lowest BCUT2D eigenvalue weighted by atomic mass is 10.1. The summed E-state index contributed by atoms with van der Waals surface area (Å²) in [5, 5.41) is 0. The molecule has 2 aromatic carbocycles. The van der Waals surface area contributed by atoms with Crippen LogP contribution >= 0.6 is 0 Å². The molecule has 0 fully saturated rings. The summed E-state index contributed by atoms with van der Waals surface area (Å²) in [6, 6.07) is 12.1. The summed E-state index contributed by atoms with van der Waals surface area (Å²) < 4.78 is 7.23. The highest BCUT2D eigenvalue weighted by atomic mass is 16.5. The molecule has 0 amide bonds. The van der Waals surface area contributed by atoms with Gasteiger partial charge in [-0.05, 0) is 55.3 Å². The van der Waals surface area contributed by atoms with Crippen molar-refractivity contribution in [2.75, 3.05) is 12.8 Å². The molecular weight excluding hydrogens is 250 g/mol. The van der Waals surface area contributed by atoms with E-state index in [2.05, 4.69) is 18.0 Å². The molecule has 4 nitrogen and oxygen atoms in total. The van der Waals surface area contributed by atoms with Crippen LogP contribution in [0.4, 0.5) is 5.95 Å². The Morgan fingerprint density at radius 3 is 2.60 bits per heavy atom. The molecule has 0 saturated heterocycles. The minimum Gasteiger partial charge on any atom is -0.497 e. The Hall–Kier alpha value is -2.49. The number of imidazole rings is 1. The van der Waals surface area contributed by atoms with E-state index in [9.17, 15) is 0 Å². The van der Waals surface area contributed by atoms with Gasteiger partial charge in [-0.25, -0.2) is 4.98 Å². The highest BCUT2D eigenvalue weighted by molar-refractivity contribution is 5.82. The molecule has 0 radical (unpaired) electrons. The van der Waals surface area contributed by atoms with Gasteiger partial charge in [-0.3, -0.25) is 4.57 Å². The number of aryl methyl sites for hydroxylation is 2. The van der Waals surface area contributed by atoms with Crippen molar-refractivity contribution in [2.24, 2.45) is 0 Å². The molecule has 1 aromatic heterocycles. The van der Waals surface area contributed by atoms with E-state index in [1.54, 1.807) is 7.11 Å². The fourth-order valence-corrected chi connectivity index (χ4v) is 2.46. The molecule has 2 N–H and O–H groups in total. The summed E-state index contributed by atoms with van der Waals surface area (Å²) in [6.07, 6.45) is 0. The second kappa shape index (κ2) is 4.56. The Kier molecular flexibility index (Phi) is 2.86. The first kappa shape index (κ1) is 12.5. The van der Waals surface area contributed by atoms with Crippen LogP contribution in [-0.4, -0.2) is 16.7 Å². The molecule has 0 aliphatic heterocycles. The minimum atomic E-state index is 0.499. The van der Waals surface area contributed by atoms with Crippen molar-refractivity contribution in [1.29, 1.82) is 0 Å². The predicted molar refractivity (Wildman–Crippen MR) is 81.5 cm³/mol. The maximum atomic E-state index is 6.10. The Morgan fingerprint density at radius 2 is 1.90 bits per heavy atom. The van der Waals surface area contributed by atoms with Gasteiger partial charge in [0.15, 0.2) is 0 Å². The molecular formula is C16H17N3O. The van der Waals surface area contributed by atoms with Gasteiger partial charge >= 0.3 is 0 Å². The smallest absolute Gasteiger partial charge is 0.205 e. The molecule has 1 heterocycles. The van der Waals surface area contributed by atoms with Crippen molar-refractivity contribution >= 4 is 17.0 Å². The van der Waals surface area contributed by atoms with Gasteiger partial charge in [-0.15, -0.1) is 0 Å². The SMILES string of the molecule is COc1ccc(-n2c(N)nc3ccc(C)cc32)c(C)c1. The number of benzene rings is 2. The lowest BCUT2D eigenvalue weighted by molar-refractivity contribution is 0.414. The molecule has 102 valence electrons. The summed E-state index contributed by atoms with van der Waals surface area (Å²) >= 11 is 0. The second-order valence-corrected chi connectivity index (χ2v) is 4.95. The molecule has 0 atom stereocenters. The molecule has 3 aromatic rings. The van der Waals surface area contributed by atoms with Gasteiger partial charge in [0, 0.05) is 0 Å². The van der Waals surface area contributed by atoms with Gasteiger partial charge in [0.25, 0.3) is 0 Å². The summed E-state index contributed by atoms with van der Waals surface area (Å²) in [5.41, 5.74) is 11.3. The summed E-state index contributed by atoms with van der Waals surface area (Å²) in [6.45, 7) is 4.10. The Morgan fingerprint density at radius 1 is 1.10 bits per heavy atom. The molecule has 3 rings (SSSR count). The van der Waals surface area contributed by atoms with E-state index in [-0.39, 0.29) is 0 Å². The maximum Gasteiger partial charge on any atom is 0.205 e. The monoisotopic (exact) mass is 267 g/mol. The average molecular weight is 267 g/mol. The topological polar surface area (TPSA) is 53.1 Å². The van der Waals surface area contributed by atoms with Crippen molar-refractivity contribution in [3.63, 3.8) is 0 Å². The maximum absolute atomic E-state index is 6.10. The van der Waals surface area contributed by atoms with Crippen molar-refractivity contribution in [3.8, 4) is 11.4 Å². The van der Waals surface area contributed by atoms with Crippen LogP contribution in [0.2, 0.25) is 0 Å². The third kappa shape index (κ3) is 1.90. The molecule has 4 heteroatoms. The number of nitrogens with zero attached hydrogens (tertiary/aromatic N) is 2. The number of anilines is 1. The van der Waals surface area contributed by atoms with Crippen molar-refractivity contribution < 1.29 is 4.74 Å². The zero-order chi connectivity index (χ0) is 14.3. The lowest BCUT2D eigenvalue weighted by Crippen LogP contribution is -2.02.